The van der Waals surface area contributed by atoms with Gasteiger partial charge in [-0.15, -0.1) is 0 Å². The molecule has 0 saturated heterocycles. The average molecular weight is 541 g/mol. The molecule has 2 aromatic carbocycles. The SMILES string of the molecule is CCCCCCCCCCCCCCCCCCC#CC(=Nc1ccccc1)C(CCCC)=Nc1ccccc1. The van der Waals surface area contributed by atoms with Crippen molar-refractivity contribution in [3.63, 3.8) is 0 Å². The standard InChI is InChI=1S/C38H56N2/c1-3-5-7-8-9-10-11-12-13-14-15-16-17-18-19-20-21-28-34-38(40-36-31-26-23-27-32-36)37(33-6-4-2)39-35-29-24-22-25-30-35/h22-27,29-32H,3-21,33H2,1-2H3. The molecular weight excluding hydrogens is 484 g/mol. The Morgan fingerprint density at radius 1 is 0.500 bits per heavy atom. The summed E-state index contributed by atoms with van der Waals surface area (Å²) in [5.74, 6) is 6.86. The van der Waals surface area contributed by atoms with Crippen molar-refractivity contribution in [2.45, 2.75) is 142 Å². The molecule has 0 spiro atoms. The first kappa shape index (κ1) is 33.5. The Kier molecular flexibility index (Phi) is 20.3. The Labute approximate surface area is 247 Å². The topological polar surface area (TPSA) is 24.7 Å². The van der Waals surface area contributed by atoms with Gasteiger partial charge in [-0.05, 0) is 49.4 Å². The molecule has 40 heavy (non-hydrogen) atoms. The summed E-state index contributed by atoms with van der Waals surface area (Å²) >= 11 is 0. The molecule has 0 N–H and O–H groups in total. The number of para-hydroxylation sites is 2. The maximum atomic E-state index is 4.97. The summed E-state index contributed by atoms with van der Waals surface area (Å²) in [6.07, 6.45) is 26.3. The van der Waals surface area contributed by atoms with Crippen LogP contribution in [0.1, 0.15) is 142 Å². The van der Waals surface area contributed by atoms with Crippen LogP contribution in [0.4, 0.5) is 11.4 Å². The van der Waals surface area contributed by atoms with Gasteiger partial charge < -0.3 is 0 Å². The molecule has 0 radical (unpaired) electrons. The van der Waals surface area contributed by atoms with Gasteiger partial charge in [-0.25, -0.2) is 4.99 Å². The molecule has 0 amide bonds. The molecule has 0 aliphatic heterocycles. The third-order valence-corrected chi connectivity index (χ3v) is 7.42. The van der Waals surface area contributed by atoms with Crippen LogP contribution in [0, 0.1) is 11.8 Å². The molecule has 218 valence electrons. The highest BCUT2D eigenvalue weighted by Gasteiger charge is 2.08. The Hall–Kier alpha value is -2.66. The zero-order chi connectivity index (χ0) is 28.4. The summed E-state index contributed by atoms with van der Waals surface area (Å²) < 4.78 is 0. The second-order valence-corrected chi connectivity index (χ2v) is 11.1. The first-order valence-corrected chi connectivity index (χ1v) is 16.6. The lowest BCUT2D eigenvalue weighted by molar-refractivity contribution is 0.530. The van der Waals surface area contributed by atoms with E-state index in [-0.39, 0.29) is 0 Å². The smallest absolute Gasteiger partial charge is 0.135 e. The number of unbranched alkanes of at least 4 members (excludes halogenated alkanes) is 17. The Morgan fingerprint density at radius 2 is 0.925 bits per heavy atom. The zero-order valence-electron chi connectivity index (χ0n) is 25.8. The van der Waals surface area contributed by atoms with Crippen LogP contribution in [0.2, 0.25) is 0 Å². The van der Waals surface area contributed by atoms with E-state index < -0.39 is 0 Å². The number of rotatable bonds is 22. The van der Waals surface area contributed by atoms with Crippen LogP contribution in [-0.2, 0) is 0 Å². The summed E-state index contributed by atoms with van der Waals surface area (Å²) in [6, 6.07) is 20.4. The minimum Gasteiger partial charge on any atom is -0.251 e. The molecule has 2 rings (SSSR count). The normalized spacial score (nSPS) is 11.8. The van der Waals surface area contributed by atoms with Gasteiger partial charge in [-0.2, -0.15) is 0 Å². The molecular formula is C38H56N2. The molecule has 0 bridgehead atoms. The molecule has 2 heteroatoms. The van der Waals surface area contributed by atoms with Crippen LogP contribution in [-0.4, -0.2) is 11.4 Å². The predicted octanol–water partition coefficient (Wildman–Crippen LogP) is 12.4. The van der Waals surface area contributed by atoms with Gasteiger partial charge >= 0.3 is 0 Å². The molecule has 0 atom stereocenters. The van der Waals surface area contributed by atoms with E-state index in [4.69, 9.17) is 9.98 Å². The summed E-state index contributed by atoms with van der Waals surface area (Å²) in [5, 5.41) is 0. The summed E-state index contributed by atoms with van der Waals surface area (Å²) in [7, 11) is 0. The van der Waals surface area contributed by atoms with Crippen molar-refractivity contribution in [1.29, 1.82) is 0 Å². The first-order valence-electron chi connectivity index (χ1n) is 16.6. The van der Waals surface area contributed by atoms with E-state index in [0.717, 1.165) is 48.5 Å². The van der Waals surface area contributed by atoms with Crippen LogP contribution in [0.15, 0.2) is 70.6 Å². The van der Waals surface area contributed by atoms with Gasteiger partial charge in [0, 0.05) is 6.42 Å². The van der Waals surface area contributed by atoms with Gasteiger partial charge in [0.15, 0.2) is 0 Å². The van der Waals surface area contributed by atoms with Crippen molar-refractivity contribution in [1.82, 2.24) is 0 Å². The Bertz CT molecular complexity index is 978. The molecule has 0 unspecified atom stereocenters. The minimum atomic E-state index is 0.819. The van der Waals surface area contributed by atoms with E-state index in [1.165, 1.54) is 103 Å². The van der Waals surface area contributed by atoms with E-state index in [9.17, 15) is 0 Å². The van der Waals surface area contributed by atoms with Crippen LogP contribution < -0.4 is 0 Å². The number of aliphatic imine (C=N–C) groups is 2. The molecule has 0 saturated carbocycles. The fourth-order valence-corrected chi connectivity index (χ4v) is 4.93. The lowest BCUT2D eigenvalue weighted by Gasteiger charge is -2.06. The van der Waals surface area contributed by atoms with E-state index in [0.29, 0.717) is 0 Å². The van der Waals surface area contributed by atoms with Crippen molar-refractivity contribution in [3.05, 3.63) is 60.7 Å². The first-order chi connectivity index (χ1) is 19.8. The zero-order valence-corrected chi connectivity index (χ0v) is 25.8. The number of benzene rings is 2. The quantitative estimate of drug-likeness (QED) is 0.0806. The number of hydrogen-bond acceptors (Lipinski definition) is 2. The average Bonchev–Trinajstić information content (AvgIpc) is 2.99. The van der Waals surface area contributed by atoms with Crippen molar-refractivity contribution in [2.24, 2.45) is 9.98 Å². The van der Waals surface area contributed by atoms with E-state index in [1.54, 1.807) is 0 Å². The summed E-state index contributed by atoms with van der Waals surface area (Å²) in [6.45, 7) is 4.51. The molecule has 0 heterocycles. The van der Waals surface area contributed by atoms with Crippen LogP contribution in [0.25, 0.3) is 0 Å². The lowest BCUT2D eigenvalue weighted by Crippen LogP contribution is -2.12. The van der Waals surface area contributed by atoms with Crippen LogP contribution >= 0.6 is 0 Å². The van der Waals surface area contributed by atoms with Gasteiger partial charge in [0.1, 0.15) is 5.71 Å². The van der Waals surface area contributed by atoms with E-state index >= 15 is 0 Å². The third kappa shape index (κ3) is 17.1. The highest BCUT2D eigenvalue weighted by Crippen LogP contribution is 2.17. The maximum absolute atomic E-state index is 4.97. The molecule has 0 aliphatic rings. The van der Waals surface area contributed by atoms with Gasteiger partial charge in [0.05, 0.1) is 17.1 Å². The van der Waals surface area contributed by atoms with Crippen LogP contribution in [0.5, 0.6) is 0 Å². The summed E-state index contributed by atoms with van der Waals surface area (Å²) in [4.78, 5) is 9.91. The lowest BCUT2D eigenvalue weighted by atomic mass is 10.0. The third-order valence-electron chi connectivity index (χ3n) is 7.42. The van der Waals surface area contributed by atoms with Crippen molar-refractivity contribution < 1.29 is 0 Å². The second-order valence-electron chi connectivity index (χ2n) is 11.1. The van der Waals surface area contributed by atoms with Crippen molar-refractivity contribution >= 4 is 22.8 Å². The monoisotopic (exact) mass is 540 g/mol. The highest BCUT2D eigenvalue weighted by molar-refractivity contribution is 6.49. The van der Waals surface area contributed by atoms with Gasteiger partial charge in [-0.1, -0.05) is 159 Å². The minimum absolute atomic E-state index is 0.819. The van der Waals surface area contributed by atoms with E-state index in [2.05, 4.69) is 37.8 Å². The molecule has 0 aliphatic carbocycles. The maximum Gasteiger partial charge on any atom is 0.135 e. The van der Waals surface area contributed by atoms with E-state index in [1.807, 2.05) is 48.5 Å². The van der Waals surface area contributed by atoms with Crippen LogP contribution in [0.3, 0.4) is 0 Å². The van der Waals surface area contributed by atoms with Gasteiger partial charge in [0.25, 0.3) is 0 Å². The number of hydrogen-bond donors (Lipinski definition) is 0. The van der Waals surface area contributed by atoms with Gasteiger partial charge in [0.2, 0.25) is 0 Å². The molecule has 0 fully saturated rings. The fourth-order valence-electron chi connectivity index (χ4n) is 4.93. The van der Waals surface area contributed by atoms with Crippen molar-refractivity contribution in [2.75, 3.05) is 0 Å². The molecule has 2 nitrogen and oxygen atoms in total. The Morgan fingerprint density at radius 3 is 1.40 bits per heavy atom. The largest absolute Gasteiger partial charge is 0.251 e. The fraction of sp³-hybridized carbons (Fsp3) is 0.579. The predicted molar refractivity (Wildman–Crippen MR) is 179 cm³/mol. The van der Waals surface area contributed by atoms with Gasteiger partial charge in [-0.3, -0.25) is 4.99 Å². The highest BCUT2D eigenvalue weighted by atomic mass is 14.8. The molecule has 2 aromatic rings. The molecule has 0 aromatic heterocycles. The second kappa shape index (κ2) is 24.2. The van der Waals surface area contributed by atoms with Crippen molar-refractivity contribution in [3.8, 4) is 11.8 Å². The summed E-state index contributed by atoms with van der Waals surface area (Å²) in [5.41, 5.74) is 3.72. The number of nitrogens with zero attached hydrogens (tertiary/aromatic N) is 2. The Balaban J connectivity index is 1.71.